The highest BCUT2D eigenvalue weighted by Gasteiger charge is 2.36. The van der Waals surface area contributed by atoms with Crippen molar-refractivity contribution >= 4 is 21.7 Å². The van der Waals surface area contributed by atoms with Crippen LogP contribution in [-0.4, -0.2) is 38.9 Å². The number of aromatic nitrogens is 4. The van der Waals surface area contributed by atoms with Crippen LogP contribution in [0.4, 0.5) is 33.6 Å². The molecule has 0 saturated carbocycles. The van der Waals surface area contributed by atoms with Crippen LogP contribution in [0, 0.1) is 11.6 Å². The standard InChI is InChI=1S/C18H17F5N6O3S/c1-17(2,30)8-29-7-9(5-26-29)15-10(18(21,22)23)6-25-16(28-15)27-11-3-4-12(33(24,31)32)14(20)13(11)19/h3-7,30H,8H2,1-2H3,(H2,24,31,32)(H,25,27,28). The minimum atomic E-state index is -4.85. The second-order valence-corrected chi connectivity index (χ2v) is 9.13. The average molecular weight is 492 g/mol. The molecule has 3 rings (SSSR count). The number of rotatable bonds is 6. The number of halogens is 5. The number of anilines is 2. The van der Waals surface area contributed by atoms with Gasteiger partial charge in [0.05, 0.1) is 29.7 Å². The Bertz CT molecular complexity index is 1300. The molecule has 0 bridgehead atoms. The monoisotopic (exact) mass is 492 g/mol. The summed E-state index contributed by atoms with van der Waals surface area (Å²) in [4.78, 5) is 6.16. The molecule has 1 aromatic carbocycles. The summed E-state index contributed by atoms with van der Waals surface area (Å²) in [5.74, 6) is -3.96. The zero-order valence-corrected chi connectivity index (χ0v) is 17.8. The van der Waals surface area contributed by atoms with Gasteiger partial charge in [0.2, 0.25) is 16.0 Å². The van der Waals surface area contributed by atoms with Gasteiger partial charge in [-0.3, -0.25) is 4.68 Å². The second-order valence-electron chi connectivity index (χ2n) is 7.60. The number of nitrogens with one attached hydrogen (secondary N) is 1. The average Bonchev–Trinajstić information content (AvgIpc) is 3.10. The lowest BCUT2D eigenvalue weighted by molar-refractivity contribution is -0.137. The van der Waals surface area contributed by atoms with Crippen LogP contribution in [0.5, 0.6) is 0 Å². The van der Waals surface area contributed by atoms with E-state index < -0.39 is 61.2 Å². The zero-order valence-electron chi connectivity index (χ0n) is 17.0. The summed E-state index contributed by atoms with van der Waals surface area (Å²) in [7, 11) is -4.55. The summed E-state index contributed by atoms with van der Waals surface area (Å²) < 4.78 is 92.7. The number of nitrogens with two attached hydrogens (primary N) is 1. The number of benzene rings is 1. The highest BCUT2D eigenvalue weighted by Crippen LogP contribution is 2.36. The molecule has 0 saturated heterocycles. The van der Waals surface area contributed by atoms with E-state index in [1.807, 2.05) is 0 Å². The molecule has 0 unspecified atom stereocenters. The van der Waals surface area contributed by atoms with E-state index >= 15 is 0 Å². The molecule has 3 aromatic rings. The maximum atomic E-state index is 14.3. The van der Waals surface area contributed by atoms with Crippen LogP contribution in [-0.2, 0) is 22.7 Å². The van der Waals surface area contributed by atoms with E-state index in [2.05, 4.69) is 20.4 Å². The fourth-order valence-corrected chi connectivity index (χ4v) is 3.40. The minimum absolute atomic E-state index is 0.0224. The summed E-state index contributed by atoms with van der Waals surface area (Å²) in [6.45, 7) is 2.94. The first-order valence-corrected chi connectivity index (χ1v) is 10.6. The summed E-state index contributed by atoms with van der Waals surface area (Å²) in [6, 6.07) is 1.50. The van der Waals surface area contributed by atoms with Crippen molar-refractivity contribution in [3.05, 3.63) is 47.9 Å². The smallest absolute Gasteiger partial charge is 0.389 e. The fourth-order valence-electron chi connectivity index (χ4n) is 2.81. The molecule has 0 radical (unpaired) electrons. The van der Waals surface area contributed by atoms with E-state index in [9.17, 15) is 35.5 Å². The van der Waals surface area contributed by atoms with Gasteiger partial charge in [0.1, 0.15) is 10.5 Å². The number of hydrogen-bond acceptors (Lipinski definition) is 7. The van der Waals surface area contributed by atoms with Crippen LogP contribution in [0.25, 0.3) is 11.3 Å². The van der Waals surface area contributed by atoms with Crippen LogP contribution in [0.3, 0.4) is 0 Å². The first-order valence-electron chi connectivity index (χ1n) is 9.03. The van der Waals surface area contributed by atoms with Gasteiger partial charge in [-0.25, -0.2) is 32.3 Å². The molecule has 15 heteroatoms. The van der Waals surface area contributed by atoms with Gasteiger partial charge in [0, 0.05) is 18.0 Å². The van der Waals surface area contributed by atoms with Crippen molar-refractivity contribution in [2.75, 3.05) is 5.32 Å². The van der Waals surface area contributed by atoms with Gasteiger partial charge in [-0.2, -0.15) is 18.3 Å². The molecule has 0 amide bonds. The molecular weight excluding hydrogens is 475 g/mol. The van der Waals surface area contributed by atoms with Gasteiger partial charge >= 0.3 is 6.18 Å². The van der Waals surface area contributed by atoms with Crippen molar-refractivity contribution in [2.45, 2.75) is 37.1 Å². The third-order valence-electron chi connectivity index (χ3n) is 4.15. The highest BCUT2D eigenvalue weighted by molar-refractivity contribution is 7.89. The molecule has 0 spiro atoms. The first kappa shape index (κ1) is 24.5. The predicted molar refractivity (Wildman–Crippen MR) is 106 cm³/mol. The Labute approximate surface area is 184 Å². The van der Waals surface area contributed by atoms with Gasteiger partial charge in [-0.1, -0.05) is 0 Å². The molecule has 0 aliphatic heterocycles. The van der Waals surface area contributed by atoms with Gasteiger partial charge < -0.3 is 10.4 Å². The number of sulfonamides is 1. The van der Waals surface area contributed by atoms with E-state index in [0.717, 1.165) is 12.3 Å². The predicted octanol–water partition coefficient (Wildman–Crippen LogP) is 2.80. The van der Waals surface area contributed by atoms with E-state index in [1.165, 1.54) is 24.7 Å². The summed E-state index contributed by atoms with van der Waals surface area (Å²) in [5, 5.41) is 20.8. The number of alkyl halides is 3. The van der Waals surface area contributed by atoms with Gasteiger partial charge in [0.25, 0.3) is 0 Å². The van der Waals surface area contributed by atoms with Crippen molar-refractivity contribution in [1.82, 2.24) is 19.7 Å². The van der Waals surface area contributed by atoms with Crippen molar-refractivity contribution in [3.63, 3.8) is 0 Å². The molecule has 0 aliphatic rings. The van der Waals surface area contributed by atoms with Crippen molar-refractivity contribution < 1.29 is 35.5 Å². The van der Waals surface area contributed by atoms with E-state index in [1.54, 1.807) is 0 Å². The lowest BCUT2D eigenvalue weighted by Crippen LogP contribution is -2.26. The second kappa shape index (κ2) is 8.31. The molecule has 9 nitrogen and oxygen atoms in total. The zero-order chi connectivity index (χ0) is 24.8. The van der Waals surface area contributed by atoms with Crippen LogP contribution in [0.1, 0.15) is 19.4 Å². The maximum Gasteiger partial charge on any atom is 0.419 e. The number of primary sulfonamides is 1. The number of nitrogens with zero attached hydrogens (tertiary/aromatic N) is 4. The Balaban J connectivity index is 2.04. The topological polar surface area (TPSA) is 136 Å². The number of aliphatic hydroxyl groups is 1. The van der Waals surface area contributed by atoms with Gasteiger partial charge in [0.15, 0.2) is 11.6 Å². The molecular formula is C18H17F5N6O3S. The Morgan fingerprint density at radius 2 is 1.82 bits per heavy atom. The fraction of sp³-hybridized carbons (Fsp3) is 0.278. The normalized spacial score (nSPS) is 12.8. The van der Waals surface area contributed by atoms with Crippen molar-refractivity contribution in [1.29, 1.82) is 0 Å². The third-order valence-corrected chi connectivity index (χ3v) is 5.08. The van der Waals surface area contributed by atoms with Gasteiger partial charge in [-0.15, -0.1) is 0 Å². The molecule has 33 heavy (non-hydrogen) atoms. The maximum absolute atomic E-state index is 14.3. The van der Waals surface area contributed by atoms with Gasteiger partial charge in [-0.05, 0) is 26.0 Å². The third kappa shape index (κ3) is 5.61. The quantitative estimate of drug-likeness (QED) is 0.450. The van der Waals surface area contributed by atoms with Crippen LogP contribution in [0.15, 0.2) is 35.6 Å². The summed E-state index contributed by atoms with van der Waals surface area (Å²) >= 11 is 0. The molecule has 2 heterocycles. The number of hydrogen-bond donors (Lipinski definition) is 3. The first-order chi connectivity index (χ1) is 15.1. The van der Waals surface area contributed by atoms with E-state index in [-0.39, 0.29) is 12.1 Å². The Morgan fingerprint density at radius 3 is 2.39 bits per heavy atom. The molecule has 2 aromatic heterocycles. The van der Waals surface area contributed by atoms with Crippen LogP contribution in [0.2, 0.25) is 0 Å². The Hall–Kier alpha value is -3.17. The van der Waals surface area contributed by atoms with Crippen molar-refractivity contribution in [2.24, 2.45) is 5.14 Å². The summed E-state index contributed by atoms with van der Waals surface area (Å²) in [6.07, 6.45) is -2.08. The SMILES string of the molecule is CC(C)(O)Cn1cc(-c2nc(Nc3ccc(S(N)(=O)=O)c(F)c3F)ncc2C(F)(F)F)cn1. The summed E-state index contributed by atoms with van der Waals surface area (Å²) in [5.41, 5.74) is -3.73. The highest BCUT2D eigenvalue weighted by atomic mass is 32.2. The van der Waals surface area contributed by atoms with E-state index in [4.69, 9.17) is 5.14 Å². The molecule has 0 aliphatic carbocycles. The lowest BCUT2D eigenvalue weighted by atomic mass is 10.1. The molecule has 178 valence electrons. The molecule has 0 atom stereocenters. The minimum Gasteiger partial charge on any atom is -0.389 e. The molecule has 0 fully saturated rings. The lowest BCUT2D eigenvalue weighted by Gasteiger charge is -2.16. The Kier molecular flexibility index (Phi) is 6.16. The van der Waals surface area contributed by atoms with Crippen LogP contribution < -0.4 is 10.5 Å². The van der Waals surface area contributed by atoms with Crippen molar-refractivity contribution in [3.8, 4) is 11.3 Å². The van der Waals surface area contributed by atoms with E-state index in [0.29, 0.717) is 12.3 Å². The van der Waals surface area contributed by atoms with Crippen LogP contribution >= 0.6 is 0 Å². The largest absolute Gasteiger partial charge is 0.419 e. The Morgan fingerprint density at radius 1 is 1.15 bits per heavy atom. The molecule has 4 N–H and O–H groups in total.